The van der Waals surface area contributed by atoms with Crippen LogP contribution in [0.5, 0.6) is 17.2 Å². The van der Waals surface area contributed by atoms with E-state index in [0.29, 0.717) is 46.2 Å². The quantitative estimate of drug-likeness (QED) is 0.602. The number of nitriles is 1. The highest BCUT2D eigenvalue weighted by Gasteiger charge is 2.45. The normalized spacial score (nSPS) is 19.3. The molecule has 2 aromatic rings. The number of rotatable bonds is 5. The number of benzene rings is 2. The van der Waals surface area contributed by atoms with Crippen molar-refractivity contribution >= 4 is 23.1 Å². The second-order valence-corrected chi connectivity index (χ2v) is 9.85. The van der Waals surface area contributed by atoms with Gasteiger partial charge in [0, 0.05) is 28.4 Å². The van der Waals surface area contributed by atoms with E-state index in [-0.39, 0.29) is 22.6 Å². The lowest BCUT2D eigenvalue weighted by molar-refractivity contribution is -0.118. The van der Waals surface area contributed by atoms with Crippen LogP contribution >= 0.6 is 11.6 Å². The monoisotopic (exact) mass is 493 g/mol. The van der Waals surface area contributed by atoms with E-state index in [2.05, 4.69) is 19.9 Å². The molecule has 1 atom stereocenters. The highest BCUT2D eigenvalue weighted by Crippen LogP contribution is 2.52. The molecule has 7 nitrogen and oxygen atoms in total. The molecule has 0 saturated carbocycles. The first kappa shape index (κ1) is 24.5. The van der Waals surface area contributed by atoms with E-state index in [9.17, 15) is 10.1 Å². The van der Waals surface area contributed by atoms with Crippen LogP contribution in [0.3, 0.4) is 0 Å². The highest BCUT2D eigenvalue weighted by molar-refractivity contribution is 6.30. The van der Waals surface area contributed by atoms with Crippen molar-refractivity contribution in [2.45, 2.75) is 32.6 Å². The molecule has 2 aromatic carbocycles. The molecule has 1 aliphatic carbocycles. The van der Waals surface area contributed by atoms with Crippen molar-refractivity contribution in [2.24, 2.45) is 11.1 Å². The Balaban J connectivity index is 2.02. The minimum Gasteiger partial charge on any atom is -0.493 e. The number of Topliss-reactive ketones (excluding diaryl/α,β-unsaturated/α-hetero) is 1. The summed E-state index contributed by atoms with van der Waals surface area (Å²) in [7, 11) is 4.58. The Morgan fingerprint density at radius 1 is 1.06 bits per heavy atom. The smallest absolute Gasteiger partial charge is 0.203 e. The maximum absolute atomic E-state index is 13.7. The number of allylic oxidation sites excluding steroid dienone is 3. The van der Waals surface area contributed by atoms with Crippen LogP contribution in [0.25, 0.3) is 0 Å². The number of ketones is 1. The van der Waals surface area contributed by atoms with Gasteiger partial charge in [0.2, 0.25) is 5.75 Å². The first-order valence-electron chi connectivity index (χ1n) is 11.2. The van der Waals surface area contributed by atoms with E-state index in [0.717, 1.165) is 11.4 Å². The van der Waals surface area contributed by atoms with E-state index in [1.54, 1.807) is 24.3 Å². The molecule has 0 amide bonds. The molecule has 2 aliphatic rings. The lowest BCUT2D eigenvalue weighted by Gasteiger charge is -2.43. The van der Waals surface area contributed by atoms with Crippen LogP contribution in [-0.4, -0.2) is 27.1 Å². The minimum absolute atomic E-state index is 0.0192. The van der Waals surface area contributed by atoms with Gasteiger partial charge in [0.1, 0.15) is 5.82 Å². The SMILES string of the molecule is COc1cc(C2C(C#N)=C(N)N(c3ccc(Cl)cc3)C3=C2C(=O)CC(C)(C)C3)cc(OC)c1OC. The number of carbonyl (C=O) groups is 1. The molecule has 182 valence electrons. The standard InChI is InChI=1S/C27H28ClN3O4/c1-27(2)12-19-24(20(32)13-27)23(15-10-21(33-3)25(35-5)22(11-15)34-4)18(14-29)26(30)31(19)17-8-6-16(28)7-9-17/h6-11,23H,12-13,30H2,1-5H3. The van der Waals surface area contributed by atoms with Crippen LogP contribution in [0.4, 0.5) is 5.69 Å². The zero-order valence-electron chi connectivity index (χ0n) is 20.4. The molecule has 0 bridgehead atoms. The van der Waals surface area contributed by atoms with Gasteiger partial charge in [0.05, 0.1) is 38.9 Å². The number of nitrogens with zero attached hydrogens (tertiary/aromatic N) is 2. The summed E-state index contributed by atoms with van der Waals surface area (Å²) >= 11 is 6.12. The molecule has 0 radical (unpaired) electrons. The molecule has 0 fully saturated rings. The van der Waals surface area contributed by atoms with Gasteiger partial charge in [-0.1, -0.05) is 25.4 Å². The summed E-state index contributed by atoms with van der Waals surface area (Å²) in [5, 5.41) is 10.9. The van der Waals surface area contributed by atoms with Gasteiger partial charge in [-0.2, -0.15) is 5.26 Å². The molecule has 1 unspecified atom stereocenters. The number of halogens is 1. The van der Waals surface area contributed by atoms with Gasteiger partial charge >= 0.3 is 0 Å². The van der Waals surface area contributed by atoms with E-state index in [1.165, 1.54) is 21.3 Å². The Labute approximate surface area is 210 Å². The molecule has 4 rings (SSSR count). The molecule has 0 spiro atoms. The number of hydrogen-bond donors (Lipinski definition) is 1. The summed E-state index contributed by atoms with van der Waals surface area (Å²) in [6.45, 7) is 4.12. The van der Waals surface area contributed by atoms with Crippen molar-refractivity contribution in [2.75, 3.05) is 26.2 Å². The van der Waals surface area contributed by atoms with Gasteiger partial charge in [0.25, 0.3) is 0 Å². The summed E-state index contributed by atoms with van der Waals surface area (Å²) in [6.07, 6.45) is 0.969. The highest BCUT2D eigenvalue weighted by atomic mass is 35.5. The Bertz CT molecular complexity index is 1260. The van der Waals surface area contributed by atoms with Gasteiger partial charge in [-0.05, 0) is 53.8 Å². The van der Waals surface area contributed by atoms with Gasteiger partial charge in [-0.25, -0.2) is 0 Å². The molecule has 1 heterocycles. The van der Waals surface area contributed by atoms with Gasteiger partial charge < -0.3 is 19.9 Å². The van der Waals surface area contributed by atoms with Crippen molar-refractivity contribution in [3.05, 3.63) is 69.6 Å². The van der Waals surface area contributed by atoms with Gasteiger partial charge in [-0.15, -0.1) is 0 Å². The van der Waals surface area contributed by atoms with Crippen molar-refractivity contribution in [3.63, 3.8) is 0 Å². The predicted octanol–water partition coefficient (Wildman–Crippen LogP) is 5.31. The summed E-state index contributed by atoms with van der Waals surface area (Å²) in [5.74, 6) is 0.883. The number of carbonyl (C=O) groups excluding carboxylic acids is 1. The fourth-order valence-corrected chi connectivity index (χ4v) is 5.12. The molecule has 1 aliphatic heterocycles. The van der Waals surface area contributed by atoms with E-state index >= 15 is 0 Å². The fourth-order valence-electron chi connectivity index (χ4n) is 5.00. The second kappa shape index (κ2) is 9.20. The van der Waals surface area contributed by atoms with Crippen LogP contribution in [0, 0.1) is 16.7 Å². The van der Waals surface area contributed by atoms with Gasteiger partial charge in [0.15, 0.2) is 17.3 Å². The average Bonchev–Trinajstić information content (AvgIpc) is 2.82. The zero-order chi connectivity index (χ0) is 25.5. The van der Waals surface area contributed by atoms with Crippen molar-refractivity contribution < 1.29 is 19.0 Å². The topological polar surface area (TPSA) is 97.8 Å². The summed E-state index contributed by atoms with van der Waals surface area (Å²) in [4.78, 5) is 15.5. The number of hydrogen-bond acceptors (Lipinski definition) is 7. The molecule has 2 N–H and O–H groups in total. The second-order valence-electron chi connectivity index (χ2n) is 9.42. The predicted molar refractivity (Wildman–Crippen MR) is 135 cm³/mol. The Kier molecular flexibility index (Phi) is 6.44. The first-order chi connectivity index (χ1) is 16.6. The van der Waals surface area contributed by atoms with E-state index < -0.39 is 5.92 Å². The summed E-state index contributed by atoms with van der Waals surface area (Å²) < 4.78 is 16.6. The van der Waals surface area contributed by atoms with Crippen LogP contribution in [0.15, 0.2) is 59.1 Å². The van der Waals surface area contributed by atoms with Crippen molar-refractivity contribution in [1.82, 2.24) is 0 Å². The zero-order valence-corrected chi connectivity index (χ0v) is 21.2. The van der Waals surface area contributed by atoms with Crippen LogP contribution < -0.4 is 24.8 Å². The number of methoxy groups -OCH3 is 3. The Morgan fingerprint density at radius 3 is 2.17 bits per heavy atom. The molecule has 8 heteroatoms. The van der Waals surface area contributed by atoms with Crippen molar-refractivity contribution in [3.8, 4) is 23.3 Å². The average molecular weight is 494 g/mol. The molecule has 0 saturated heterocycles. The third-order valence-corrected chi connectivity index (χ3v) is 6.74. The largest absolute Gasteiger partial charge is 0.493 e. The van der Waals surface area contributed by atoms with E-state index in [1.807, 2.05) is 17.0 Å². The van der Waals surface area contributed by atoms with Crippen LogP contribution in [-0.2, 0) is 4.79 Å². The van der Waals surface area contributed by atoms with Crippen LogP contribution in [0.2, 0.25) is 5.02 Å². The molecular formula is C27H28ClN3O4. The maximum atomic E-state index is 13.7. The molecule has 0 aromatic heterocycles. The fraction of sp³-hybridized carbons (Fsp3) is 0.333. The van der Waals surface area contributed by atoms with Crippen molar-refractivity contribution in [1.29, 1.82) is 5.26 Å². The van der Waals surface area contributed by atoms with Gasteiger partial charge in [-0.3, -0.25) is 9.69 Å². The van der Waals surface area contributed by atoms with E-state index in [4.69, 9.17) is 31.5 Å². The first-order valence-corrected chi connectivity index (χ1v) is 11.5. The molecule has 35 heavy (non-hydrogen) atoms. The Morgan fingerprint density at radius 2 is 1.66 bits per heavy atom. The minimum atomic E-state index is -0.671. The summed E-state index contributed by atoms with van der Waals surface area (Å²) in [5.41, 5.74) is 9.43. The number of anilines is 1. The number of ether oxygens (including phenoxy) is 3. The lowest BCUT2D eigenvalue weighted by atomic mass is 9.68. The van der Waals surface area contributed by atoms with Crippen LogP contribution in [0.1, 0.15) is 38.2 Å². The lowest BCUT2D eigenvalue weighted by Crippen LogP contribution is -2.42. The third kappa shape index (κ3) is 4.19. The molecular weight excluding hydrogens is 466 g/mol. The number of nitrogens with two attached hydrogens (primary N) is 1. The Hall–Kier alpha value is -3.63. The summed E-state index contributed by atoms with van der Waals surface area (Å²) in [6, 6.07) is 13.0. The maximum Gasteiger partial charge on any atom is 0.203 e. The third-order valence-electron chi connectivity index (χ3n) is 6.49.